The number of aryl methyl sites for hydroxylation is 1. The summed E-state index contributed by atoms with van der Waals surface area (Å²) in [6.45, 7) is 0. The van der Waals surface area contributed by atoms with Crippen LogP contribution in [0.5, 0.6) is 5.75 Å². The summed E-state index contributed by atoms with van der Waals surface area (Å²) in [5, 5.41) is 15.3. The molecule has 0 saturated heterocycles. The van der Waals surface area contributed by atoms with Gasteiger partial charge in [0.25, 0.3) is 0 Å². The van der Waals surface area contributed by atoms with Gasteiger partial charge in [0.2, 0.25) is 0 Å². The van der Waals surface area contributed by atoms with Crippen LogP contribution in [0.2, 0.25) is 5.02 Å². The van der Waals surface area contributed by atoms with Crippen molar-refractivity contribution in [3.8, 4) is 5.75 Å². The third-order valence-electron chi connectivity index (χ3n) is 5.09. The minimum absolute atomic E-state index is 0.00310. The van der Waals surface area contributed by atoms with Gasteiger partial charge < -0.3 is 15.7 Å². The number of benzene rings is 1. The highest BCUT2D eigenvalue weighted by Crippen LogP contribution is 2.43. The van der Waals surface area contributed by atoms with Crippen LogP contribution in [-0.4, -0.2) is 29.8 Å². The zero-order valence-electron chi connectivity index (χ0n) is 15.0. The molecule has 1 aromatic heterocycles. The molecule has 3 N–H and O–H groups in total. The van der Waals surface area contributed by atoms with Gasteiger partial charge in [0, 0.05) is 11.9 Å². The number of hydrogen-bond donors (Lipinski definition) is 3. The van der Waals surface area contributed by atoms with Crippen molar-refractivity contribution >= 4 is 33.2 Å². The molecule has 148 valence electrons. The summed E-state index contributed by atoms with van der Waals surface area (Å²) in [4.78, 5) is 16.5. The van der Waals surface area contributed by atoms with Gasteiger partial charge in [-0.05, 0) is 55.9 Å². The Balaban J connectivity index is 1.55. The Bertz CT molecular complexity index is 1040. The molecule has 28 heavy (non-hydrogen) atoms. The molecule has 1 unspecified atom stereocenters. The predicted molar refractivity (Wildman–Crippen MR) is 105 cm³/mol. The van der Waals surface area contributed by atoms with E-state index in [4.69, 9.17) is 11.6 Å². The average Bonchev–Trinajstić information content (AvgIpc) is 3.50. The van der Waals surface area contributed by atoms with Crippen LogP contribution in [0.25, 0.3) is 0 Å². The molecule has 2 aliphatic rings. The Labute approximate surface area is 168 Å². The minimum Gasteiger partial charge on any atom is -0.504 e. The number of aromatic nitrogens is 1. The van der Waals surface area contributed by atoms with E-state index in [0.717, 1.165) is 30.5 Å². The van der Waals surface area contributed by atoms with Crippen LogP contribution in [0.1, 0.15) is 43.0 Å². The fourth-order valence-corrected chi connectivity index (χ4v) is 5.82. The third kappa shape index (κ3) is 3.54. The number of urea groups is 1. The molecule has 1 saturated carbocycles. The minimum atomic E-state index is -3.71. The van der Waals surface area contributed by atoms with Gasteiger partial charge in [-0.15, -0.1) is 0 Å². The molecule has 2 aromatic rings. The van der Waals surface area contributed by atoms with Gasteiger partial charge in [0.1, 0.15) is 4.90 Å². The van der Waals surface area contributed by atoms with E-state index in [1.807, 2.05) is 12.1 Å². The molecule has 1 fully saturated rings. The Morgan fingerprint density at radius 1 is 1.21 bits per heavy atom. The first-order valence-corrected chi connectivity index (χ1v) is 11.1. The fourth-order valence-electron chi connectivity index (χ4n) is 3.54. The van der Waals surface area contributed by atoms with Gasteiger partial charge >= 0.3 is 6.03 Å². The van der Waals surface area contributed by atoms with E-state index in [1.165, 1.54) is 12.1 Å². The molecule has 1 aromatic carbocycles. The number of sulfone groups is 1. The van der Waals surface area contributed by atoms with Crippen LogP contribution in [0.15, 0.2) is 35.4 Å². The van der Waals surface area contributed by atoms with E-state index in [-0.39, 0.29) is 21.6 Å². The fraction of sp³-hybridized carbons (Fsp3) is 0.368. The van der Waals surface area contributed by atoms with Gasteiger partial charge in [-0.3, -0.25) is 4.98 Å². The largest absolute Gasteiger partial charge is 0.504 e. The number of fused-ring (bicyclic) bond motifs is 1. The number of phenols is 1. The summed E-state index contributed by atoms with van der Waals surface area (Å²) >= 11 is 6.03. The molecule has 9 heteroatoms. The quantitative estimate of drug-likeness (QED) is 0.654. The Hall–Kier alpha value is -2.32. The van der Waals surface area contributed by atoms with Gasteiger partial charge in [-0.1, -0.05) is 17.7 Å². The van der Waals surface area contributed by atoms with Gasteiger partial charge in [0.15, 0.2) is 15.6 Å². The van der Waals surface area contributed by atoms with Crippen molar-refractivity contribution in [3.63, 3.8) is 0 Å². The van der Waals surface area contributed by atoms with E-state index in [0.29, 0.717) is 12.8 Å². The number of aromatic hydroxyl groups is 1. The number of carbonyl (C=O) groups excluding carboxylic acids is 1. The predicted octanol–water partition coefficient (Wildman–Crippen LogP) is 3.58. The molecule has 0 bridgehead atoms. The van der Waals surface area contributed by atoms with Crippen molar-refractivity contribution in [2.24, 2.45) is 0 Å². The maximum atomic E-state index is 12.5. The van der Waals surface area contributed by atoms with Crippen molar-refractivity contribution in [3.05, 3.63) is 46.7 Å². The molecule has 1 heterocycles. The maximum Gasteiger partial charge on any atom is 0.319 e. The second-order valence-corrected chi connectivity index (χ2v) is 9.67. The van der Waals surface area contributed by atoms with Crippen LogP contribution in [0.3, 0.4) is 0 Å². The van der Waals surface area contributed by atoms with E-state index in [9.17, 15) is 18.3 Å². The highest BCUT2D eigenvalue weighted by Gasteiger charge is 2.40. The van der Waals surface area contributed by atoms with Crippen LogP contribution < -0.4 is 10.6 Å². The number of nitrogens with one attached hydrogen (secondary N) is 2. The number of rotatable bonds is 4. The molecular formula is C19H20ClN3O4S. The van der Waals surface area contributed by atoms with Crippen LogP contribution >= 0.6 is 11.6 Å². The van der Waals surface area contributed by atoms with Crippen molar-refractivity contribution < 1.29 is 18.3 Å². The number of nitrogens with zero attached hydrogens (tertiary/aromatic N) is 1. The maximum absolute atomic E-state index is 12.5. The standard InChI is InChI=1S/C19H20ClN3O4S/c20-13-8-9-16(17(24)18(13)28(26,27)11-6-7-11)23-19(25)22-15-5-1-4-14-12(15)3-2-10-21-14/h2-3,8-11,15,24H,1,4-7H2,(H2,22,23,25). The van der Waals surface area contributed by atoms with Crippen molar-refractivity contribution in [1.82, 2.24) is 10.3 Å². The summed E-state index contributed by atoms with van der Waals surface area (Å²) in [7, 11) is -3.71. The van der Waals surface area contributed by atoms with Crippen molar-refractivity contribution in [2.45, 2.75) is 48.3 Å². The molecule has 2 aliphatic carbocycles. The summed E-state index contributed by atoms with van der Waals surface area (Å²) in [6.07, 6.45) is 5.38. The van der Waals surface area contributed by atoms with E-state index in [1.54, 1.807) is 6.20 Å². The summed E-state index contributed by atoms with van der Waals surface area (Å²) in [6, 6.07) is 5.80. The lowest BCUT2D eigenvalue weighted by atomic mass is 9.91. The first-order valence-electron chi connectivity index (χ1n) is 9.14. The van der Waals surface area contributed by atoms with E-state index >= 15 is 0 Å². The third-order valence-corrected chi connectivity index (χ3v) is 7.85. The summed E-state index contributed by atoms with van der Waals surface area (Å²) in [5.74, 6) is -0.528. The highest BCUT2D eigenvalue weighted by atomic mass is 35.5. The number of anilines is 1. The molecule has 0 spiro atoms. The topological polar surface area (TPSA) is 108 Å². The first-order chi connectivity index (χ1) is 13.4. The van der Waals surface area contributed by atoms with Crippen molar-refractivity contribution in [1.29, 1.82) is 0 Å². The van der Waals surface area contributed by atoms with Gasteiger partial charge in [-0.25, -0.2) is 13.2 Å². The SMILES string of the molecule is O=C(Nc1ccc(Cl)c(S(=O)(=O)C2CC2)c1O)NC1CCCc2ncccc21. The second kappa shape index (κ2) is 7.25. The molecule has 0 aliphatic heterocycles. The zero-order valence-corrected chi connectivity index (χ0v) is 16.6. The van der Waals surface area contributed by atoms with Gasteiger partial charge in [0.05, 0.1) is 22.0 Å². The van der Waals surface area contributed by atoms with Crippen LogP contribution in [0.4, 0.5) is 10.5 Å². The number of carbonyl (C=O) groups is 1. The Morgan fingerprint density at radius 3 is 2.75 bits per heavy atom. The summed E-state index contributed by atoms with van der Waals surface area (Å²) < 4.78 is 25.1. The normalized spacial score (nSPS) is 19.0. The smallest absolute Gasteiger partial charge is 0.319 e. The van der Waals surface area contributed by atoms with E-state index < -0.39 is 26.9 Å². The number of amides is 2. The zero-order chi connectivity index (χ0) is 19.9. The Morgan fingerprint density at radius 2 is 2.00 bits per heavy atom. The lowest BCUT2D eigenvalue weighted by Gasteiger charge is -2.25. The first kappa shape index (κ1) is 19.0. The molecule has 2 amide bonds. The second-order valence-electron chi connectivity index (χ2n) is 7.10. The molecule has 1 atom stereocenters. The number of hydrogen-bond acceptors (Lipinski definition) is 5. The molecule has 4 rings (SSSR count). The Kier molecular flexibility index (Phi) is 4.93. The number of phenolic OH excluding ortho intramolecular Hbond substituents is 1. The average molecular weight is 422 g/mol. The summed E-state index contributed by atoms with van der Waals surface area (Å²) in [5.41, 5.74) is 1.94. The van der Waals surface area contributed by atoms with Gasteiger partial charge in [-0.2, -0.15) is 0 Å². The van der Waals surface area contributed by atoms with Crippen LogP contribution in [0, 0.1) is 0 Å². The molecular weight excluding hydrogens is 402 g/mol. The number of halogens is 1. The lowest BCUT2D eigenvalue weighted by Crippen LogP contribution is -2.34. The van der Waals surface area contributed by atoms with Crippen LogP contribution in [-0.2, 0) is 16.3 Å². The monoisotopic (exact) mass is 421 g/mol. The molecule has 0 radical (unpaired) electrons. The van der Waals surface area contributed by atoms with E-state index in [2.05, 4.69) is 15.6 Å². The lowest BCUT2D eigenvalue weighted by molar-refractivity contribution is 0.247. The molecule has 7 nitrogen and oxygen atoms in total. The highest BCUT2D eigenvalue weighted by molar-refractivity contribution is 7.92. The van der Waals surface area contributed by atoms with Crippen molar-refractivity contribution in [2.75, 3.05) is 5.32 Å². The number of pyridine rings is 1.